The van der Waals surface area contributed by atoms with E-state index in [2.05, 4.69) is 26.1 Å². The first kappa shape index (κ1) is 21.1. The summed E-state index contributed by atoms with van der Waals surface area (Å²) in [5.74, 6) is 1.60. The van der Waals surface area contributed by atoms with Crippen LogP contribution in [0, 0.1) is 11.8 Å². The average Bonchev–Trinajstić information content (AvgIpc) is 3.23. The Morgan fingerprint density at radius 3 is 2.29 bits per heavy atom. The molecule has 5 nitrogen and oxygen atoms in total. The van der Waals surface area contributed by atoms with Gasteiger partial charge in [-0.15, -0.1) is 0 Å². The van der Waals surface area contributed by atoms with E-state index < -0.39 is 10.0 Å². The normalized spacial score (nSPS) is 28.0. The molecule has 1 aliphatic heterocycles. The summed E-state index contributed by atoms with van der Waals surface area (Å²) < 4.78 is 28.2. The minimum absolute atomic E-state index is 0.0323. The summed E-state index contributed by atoms with van der Waals surface area (Å²) in [7, 11) is -3.76. The van der Waals surface area contributed by atoms with Gasteiger partial charge in [-0.1, -0.05) is 45.6 Å². The van der Waals surface area contributed by atoms with E-state index in [0.717, 1.165) is 16.9 Å². The quantitative estimate of drug-likeness (QED) is 0.600. The van der Waals surface area contributed by atoms with Gasteiger partial charge in [-0.2, -0.15) is 4.31 Å². The highest BCUT2D eigenvalue weighted by atomic mass is 79.9. The van der Waals surface area contributed by atoms with Crippen LogP contribution in [0.15, 0.2) is 21.5 Å². The third-order valence-corrected chi connectivity index (χ3v) is 9.79. The van der Waals surface area contributed by atoms with Gasteiger partial charge in [0.05, 0.1) is 10.0 Å². The number of nitrogens with zero attached hydrogens (tertiary/aromatic N) is 2. The van der Waals surface area contributed by atoms with Crippen LogP contribution in [0.3, 0.4) is 0 Å². The van der Waals surface area contributed by atoms with Crippen LogP contribution >= 0.6 is 51.3 Å². The summed E-state index contributed by atoms with van der Waals surface area (Å²) >= 11 is 21.2. The fraction of sp³-hybridized carbons (Fsp3) is 0.611. The van der Waals surface area contributed by atoms with Crippen LogP contribution in [0.2, 0.25) is 10.0 Å². The molecule has 3 atom stereocenters. The number of halogens is 3. The third-order valence-electron chi connectivity index (χ3n) is 6.13. The van der Waals surface area contributed by atoms with Gasteiger partial charge in [-0.05, 0) is 55.4 Å². The molecular weight excluding hydrogens is 505 g/mol. The van der Waals surface area contributed by atoms with Gasteiger partial charge in [-0.3, -0.25) is 0 Å². The first-order valence-corrected chi connectivity index (χ1v) is 12.9. The Kier molecular flexibility index (Phi) is 6.18. The monoisotopic (exact) mass is 525 g/mol. The number of fused-ring (bicyclic) bond motifs is 2. The molecule has 154 valence electrons. The lowest BCUT2D eigenvalue weighted by molar-refractivity contribution is 0.258. The molecule has 3 aliphatic rings. The van der Waals surface area contributed by atoms with Gasteiger partial charge < -0.3 is 10.2 Å². The lowest BCUT2D eigenvalue weighted by atomic mass is 9.95. The van der Waals surface area contributed by atoms with E-state index in [1.165, 1.54) is 30.0 Å². The predicted octanol–water partition coefficient (Wildman–Crippen LogP) is 4.13. The van der Waals surface area contributed by atoms with Gasteiger partial charge in [0.1, 0.15) is 4.90 Å². The second-order valence-electron chi connectivity index (χ2n) is 7.82. The Balaban J connectivity index is 1.39. The van der Waals surface area contributed by atoms with E-state index in [9.17, 15) is 8.42 Å². The SMILES string of the molecule is O=S(=O)(c1c(Cl)cc(Br)cc1Cl)N1CCN(C(=S)NC2CC3CCC2C3)CC1. The summed E-state index contributed by atoms with van der Waals surface area (Å²) in [6.07, 6.45) is 5.18. The third kappa shape index (κ3) is 4.05. The van der Waals surface area contributed by atoms with Gasteiger partial charge >= 0.3 is 0 Å². The summed E-state index contributed by atoms with van der Waals surface area (Å²) in [5.41, 5.74) is 0. The minimum atomic E-state index is -3.76. The van der Waals surface area contributed by atoms with Gasteiger partial charge in [0.2, 0.25) is 10.0 Å². The van der Waals surface area contributed by atoms with Crippen LogP contribution < -0.4 is 5.32 Å². The standard InChI is InChI=1S/C18H22BrCl2N3O2S2/c19-13-9-14(20)17(15(21)10-13)28(25,26)24-5-3-23(4-6-24)18(27)22-16-8-11-1-2-12(16)7-11/h9-12,16H,1-8H2,(H,22,27). The molecule has 1 aromatic carbocycles. The zero-order valence-electron chi connectivity index (χ0n) is 15.2. The van der Waals surface area contributed by atoms with E-state index in [1.807, 2.05) is 0 Å². The van der Waals surface area contributed by atoms with E-state index in [-0.39, 0.29) is 14.9 Å². The van der Waals surface area contributed by atoms with Crippen molar-refractivity contribution in [2.75, 3.05) is 26.2 Å². The molecule has 28 heavy (non-hydrogen) atoms. The molecule has 1 heterocycles. The molecule has 4 rings (SSSR count). The molecule has 1 saturated heterocycles. The molecule has 10 heteroatoms. The lowest BCUT2D eigenvalue weighted by Gasteiger charge is -2.37. The highest BCUT2D eigenvalue weighted by molar-refractivity contribution is 9.10. The average molecular weight is 527 g/mol. The molecule has 0 amide bonds. The smallest absolute Gasteiger partial charge is 0.246 e. The molecule has 3 fully saturated rings. The van der Waals surface area contributed by atoms with Gasteiger partial charge in [0, 0.05) is 36.7 Å². The summed E-state index contributed by atoms with van der Waals surface area (Å²) in [6, 6.07) is 3.57. The number of piperazine rings is 1. The summed E-state index contributed by atoms with van der Waals surface area (Å²) in [4.78, 5) is 2.04. The number of hydrogen-bond acceptors (Lipinski definition) is 3. The number of hydrogen-bond donors (Lipinski definition) is 1. The van der Waals surface area contributed by atoms with Crippen molar-refractivity contribution >= 4 is 66.5 Å². The van der Waals surface area contributed by atoms with E-state index >= 15 is 0 Å². The largest absolute Gasteiger partial charge is 0.360 e. The van der Waals surface area contributed by atoms with Crippen molar-refractivity contribution in [3.63, 3.8) is 0 Å². The number of nitrogens with one attached hydrogen (secondary N) is 1. The van der Waals surface area contributed by atoms with Crippen molar-refractivity contribution in [2.45, 2.75) is 36.6 Å². The van der Waals surface area contributed by atoms with Crippen molar-refractivity contribution in [2.24, 2.45) is 11.8 Å². The molecule has 2 aliphatic carbocycles. The van der Waals surface area contributed by atoms with Crippen LogP contribution in [-0.2, 0) is 10.0 Å². The fourth-order valence-corrected chi connectivity index (χ4v) is 8.35. The van der Waals surface area contributed by atoms with Crippen molar-refractivity contribution in [1.82, 2.24) is 14.5 Å². The van der Waals surface area contributed by atoms with Gasteiger partial charge in [-0.25, -0.2) is 8.42 Å². The molecule has 2 saturated carbocycles. The second-order valence-corrected chi connectivity index (χ2v) is 11.8. The summed E-state index contributed by atoms with van der Waals surface area (Å²) in [6.45, 7) is 1.81. The number of benzene rings is 1. The predicted molar refractivity (Wildman–Crippen MR) is 119 cm³/mol. The zero-order chi connectivity index (χ0) is 20.1. The number of thiocarbonyl (C=S) groups is 1. The van der Waals surface area contributed by atoms with Crippen LogP contribution in [0.1, 0.15) is 25.7 Å². The van der Waals surface area contributed by atoms with Crippen LogP contribution in [0.5, 0.6) is 0 Å². The molecule has 0 aromatic heterocycles. The Morgan fingerprint density at radius 1 is 1.11 bits per heavy atom. The molecule has 0 spiro atoms. The van der Waals surface area contributed by atoms with Crippen molar-refractivity contribution in [3.05, 3.63) is 26.7 Å². The van der Waals surface area contributed by atoms with E-state index in [4.69, 9.17) is 35.4 Å². The second kappa shape index (κ2) is 8.19. The van der Waals surface area contributed by atoms with Crippen molar-refractivity contribution < 1.29 is 8.42 Å². The van der Waals surface area contributed by atoms with Crippen molar-refractivity contribution in [1.29, 1.82) is 0 Å². The summed E-state index contributed by atoms with van der Waals surface area (Å²) in [5, 5.41) is 4.52. The maximum absolute atomic E-state index is 13.1. The molecule has 1 aromatic rings. The topological polar surface area (TPSA) is 52.7 Å². The molecular formula is C18H22BrCl2N3O2S2. The van der Waals surface area contributed by atoms with Gasteiger partial charge in [0.15, 0.2) is 5.11 Å². The highest BCUT2D eigenvalue weighted by Crippen LogP contribution is 2.44. The van der Waals surface area contributed by atoms with E-state index in [0.29, 0.717) is 36.7 Å². The Morgan fingerprint density at radius 2 is 1.75 bits per heavy atom. The number of rotatable bonds is 3. The first-order chi connectivity index (χ1) is 13.3. The van der Waals surface area contributed by atoms with Crippen molar-refractivity contribution in [3.8, 4) is 0 Å². The Hall–Kier alpha value is -0.120. The Bertz CT molecular complexity index is 868. The first-order valence-electron chi connectivity index (χ1n) is 9.46. The highest BCUT2D eigenvalue weighted by Gasteiger charge is 2.40. The van der Waals surface area contributed by atoms with Gasteiger partial charge in [0.25, 0.3) is 0 Å². The number of sulfonamides is 1. The maximum Gasteiger partial charge on any atom is 0.246 e. The molecule has 0 radical (unpaired) electrons. The van der Waals surface area contributed by atoms with Crippen LogP contribution in [0.25, 0.3) is 0 Å². The molecule has 2 bridgehead atoms. The van der Waals surface area contributed by atoms with Crippen LogP contribution in [-0.4, -0.2) is 55.0 Å². The van der Waals surface area contributed by atoms with E-state index in [1.54, 1.807) is 12.1 Å². The minimum Gasteiger partial charge on any atom is -0.360 e. The fourth-order valence-electron chi connectivity index (χ4n) is 4.71. The molecule has 1 N–H and O–H groups in total. The zero-order valence-corrected chi connectivity index (χ0v) is 19.9. The van der Waals surface area contributed by atoms with Crippen LogP contribution in [0.4, 0.5) is 0 Å². The molecule has 3 unspecified atom stereocenters. The lowest BCUT2D eigenvalue weighted by Crippen LogP contribution is -2.55. The Labute approximate surface area is 189 Å². The maximum atomic E-state index is 13.1.